The summed E-state index contributed by atoms with van der Waals surface area (Å²) in [5.74, 6) is -5.59. The molecule has 2 nitrogen and oxygen atoms in total. The van der Waals surface area contributed by atoms with Crippen LogP contribution < -0.4 is 4.74 Å². The van der Waals surface area contributed by atoms with Gasteiger partial charge >= 0.3 is 6.11 Å². The molecule has 3 aromatic carbocycles. The molecule has 0 radical (unpaired) electrons. The molecule has 0 bridgehead atoms. The third kappa shape index (κ3) is 5.64. The summed E-state index contributed by atoms with van der Waals surface area (Å²) in [5, 5.41) is 0. The molecule has 2 unspecified atom stereocenters. The molecule has 1 fully saturated rings. The second-order valence-electron chi connectivity index (χ2n) is 9.53. The Kier molecular flexibility index (Phi) is 7.88. The van der Waals surface area contributed by atoms with E-state index in [0.29, 0.717) is 24.2 Å². The topological polar surface area (TPSA) is 18.5 Å². The summed E-state index contributed by atoms with van der Waals surface area (Å²) >= 11 is 0. The minimum absolute atomic E-state index is 0.0530. The van der Waals surface area contributed by atoms with Gasteiger partial charge in [0.05, 0.1) is 12.7 Å². The third-order valence-corrected chi connectivity index (χ3v) is 6.90. The normalized spacial score (nSPS) is 18.2. The molecule has 198 valence electrons. The average Bonchev–Trinajstić information content (AvgIpc) is 2.86. The van der Waals surface area contributed by atoms with Crippen LogP contribution >= 0.6 is 0 Å². The zero-order valence-corrected chi connectivity index (χ0v) is 20.8. The Labute approximate surface area is 212 Å². The molecule has 1 saturated heterocycles. The number of rotatable bonds is 7. The lowest BCUT2D eigenvalue weighted by Crippen LogP contribution is -2.26. The van der Waals surface area contributed by atoms with Gasteiger partial charge in [-0.15, -0.1) is 0 Å². The van der Waals surface area contributed by atoms with Crippen molar-refractivity contribution in [3.8, 4) is 16.9 Å². The highest BCUT2D eigenvalue weighted by Gasteiger charge is 2.42. The Morgan fingerprint density at radius 1 is 0.865 bits per heavy atom. The molecule has 0 aromatic heterocycles. The van der Waals surface area contributed by atoms with Crippen LogP contribution in [0.2, 0.25) is 0 Å². The fourth-order valence-corrected chi connectivity index (χ4v) is 4.73. The first kappa shape index (κ1) is 27.0. The summed E-state index contributed by atoms with van der Waals surface area (Å²) in [5.41, 5.74) is -1.02. The first-order valence-corrected chi connectivity index (χ1v) is 12.2. The van der Waals surface area contributed by atoms with Gasteiger partial charge in [-0.2, -0.15) is 8.78 Å². The van der Waals surface area contributed by atoms with Gasteiger partial charge in [0.25, 0.3) is 0 Å². The van der Waals surface area contributed by atoms with Gasteiger partial charge in [0.1, 0.15) is 34.6 Å². The van der Waals surface area contributed by atoms with Crippen LogP contribution in [0.3, 0.4) is 0 Å². The second-order valence-corrected chi connectivity index (χ2v) is 9.53. The monoisotopic (exact) mass is 522 g/mol. The van der Waals surface area contributed by atoms with E-state index in [1.807, 2.05) is 0 Å². The number of hydrogen-bond acceptors (Lipinski definition) is 2. The van der Waals surface area contributed by atoms with Gasteiger partial charge in [-0.25, -0.2) is 17.6 Å². The molecule has 0 saturated carbocycles. The van der Waals surface area contributed by atoms with Crippen LogP contribution in [-0.2, 0) is 10.8 Å². The predicted octanol–water partition coefficient (Wildman–Crippen LogP) is 8.92. The van der Waals surface area contributed by atoms with E-state index in [0.717, 1.165) is 57.2 Å². The van der Waals surface area contributed by atoms with Crippen molar-refractivity contribution in [2.75, 3.05) is 6.61 Å². The smallest absolute Gasteiger partial charge is 0.428 e. The number of benzene rings is 3. The van der Waals surface area contributed by atoms with Gasteiger partial charge < -0.3 is 9.47 Å². The van der Waals surface area contributed by atoms with Crippen molar-refractivity contribution in [1.82, 2.24) is 0 Å². The van der Waals surface area contributed by atoms with Crippen LogP contribution in [0.1, 0.15) is 61.0 Å². The maximum Gasteiger partial charge on any atom is 0.432 e. The molecule has 0 aliphatic carbocycles. The number of alkyl halides is 2. The van der Waals surface area contributed by atoms with Crippen LogP contribution in [-0.4, -0.2) is 6.61 Å². The molecule has 0 N–H and O–H groups in total. The fourth-order valence-electron chi connectivity index (χ4n) is 4.73. The molecule has 8 heteroatoms. The molecular weight excluding hydrogens is 494 g/mol. The van der Waals surface area contributed by atoms with E-state index in [4.69, 9.17) is 4.74 Å². The highest BCUT2D eigenvalue weighted by Crippen LogP contribution is 2.39. The van der Waals surface area contributed by atoms with E-state index < -0.39 is 46.3 Å². The maximum absolute atomic E-state index is 14.8. The van der Waals surface area contributed by atoms with Crippen LogP contribution in [0.4, 0.5) is 26.3 Å². The van der Waals surface area contributed by atoms with E-state index in [2.05, 4.69) is 11.7 Å². The fraction of sp³-hybridized carbons (Fsp3) is 0.379. The SMILES string of the molecule is CCCC1CCC(c2ccc(-c3cc(F)c(C(F)(F)Oc4cc(F)c(C)c(F)c4C)c(F)c3)cc2)OC1. The highest BCUT2D eigenvalue weighted by molar-refractivity contribution is 5.64. The van der Waals surface area contributed by atoms with Gasteiger partial charge in [0.2, 0.25) is 0 Å². The van der Waals surface area contributed by atoms with Crippen LogP contribution in [0.15, 0.2) is 42.5 Å². The molecule has 3 aromatic rings. The van der Waals surface area contributed by atoms with Crippen molar-refractivity contribution < 1.29 is 35.8 Å². The van der Waals surface area contributed by atoms with Crippen LogP contribution in [0, 0.1) is 43.0 Å². The van der Waals surface area contributed by atoms with Gasteiger partial charge in [-0.3, -0.25) is 0 Å². The van der Waals surface area contributed by atoms with E-state index in [1.165, 1.54) is 0 Å². The zero-order chi connectivity index (χ0) is 26.9. The number of halogens is 6. The lowest BCUT2D eigenvalue weighted by Gasteiger charge is -2.29. The van der Waals surface area contributed by atoms with Gasteiger partial charge in [0.15, 0.2) is 0 Å². The van der Waals surface area contributed by atoms with E-state index in [1.54, 1.807) is 24.3 Å². The summed E-state index contributed by atoms with van der Waals surface area (Å²) in [4.78, 5) is 0. The van der Waals surface area contributed by atoms with Crippen molar-refractivity contribution >= 4 is 0 Å². The first-order valence-electron chi connectivity index (χ1n) is 12.2. The van der Waals surface area contributed by atoms with E-state index >= 15 is 0 Å². The lowest BCUT2D eigenvalue weighted by molar-refractivity contribution is -0.190. The summed E-state index contributed by atoms with van der Waals surface area (Å²) in [7, 11) is 0. The minimum atomic E-state index is -4.52. The lowest BCUT2D eigenvalue weighted by atomic mass is 9.91. The van der Waals surface area contributed by atoms with Crippen molar-refractivity contribution in [1.29, 1.82) is 0 Å². The summed E-state index contributed by atoms with van der Waals surface area (Å²) < 4.78 is 97.7. The largest absolute Gasteiger partial charge is 0.432 e. The molecule has 0 amide bonds. The molecule has 1 heterocycles. The Morgan fingerprint density at radius 3 is 2.08 bits per heavy atom. The Morgan fingerprint density at radius 2 is 1.51 bits per heavy atom. The third-order valence-electron chi connectivity index (χ3n) is 6.90. The van der Waals surface area contributed by atoms with Gasteiger partial charge in [-0.05, 0) is 67.9 Å². The zero-order valence-electron chi connectivity index (χ0n) is 20.8. The van der Waals surface area contributed by atoms with Crippen LogP contribution in [0.25, 0.3) is 11.1 Å². The molecule has 1 aliphatic heterocycles. The van der Waals surface area contributed by atoms with Crippen molar-refractivity contribution in [3.63, 3.8) is 0 Å². The molecule has 0 spiro atoms. The molecular formula is C29H28F6O2. The van der Waals surface area contributed by atoms with Gasteiger partial charge in [-0.1, -0.05) is 37.6 Å². The molecule has 2 atom stereocenters. The minimum Gasteiger partial charge on any atom is -0.428 e. The maximum atomic E-state index is 14.8. The van der Waals surface area contributed by atoms with E-state index in [-0.39, 0.29) is 17.2 Å². The van der Waals surface area contributed by atoms with Crippen molar-refractivity contribution in [2.45, 2.75) is 58.7 Å². The first-order chi connectivity index (χ1) is 17.5. The standard InChI is InChI=1S/C29H28F6O2/c1-4-5-18-6-11-25(36-15-18)20-9-7-19(8-10-20)21-12-23(31)27(24(32)13-21)29(34,35)37-26-14-22(30)16(2)28(33)17(26)3/h7-10,12-14,18,25H,4-6,11,15H2,1-3H3. The Hall–Kier alpha value is -3.00. The summed E-state index contributed by atoms with van der Waals surface area (Å²) in [6.45, 7) is 5.07. The van der Waals surface area contributed by atoms with Crippen molar-refractivity contribution in [3.05, 3.63) is 88.0 Å². The predicted molar refractivity (Wildman–Crippen MR) is 128 cm³/mol. The Balaban J connectivity index is 1.55. The molecule has 4 rings (SSSR count). The summed E-state index contributed by atoms with van der Waals surface area (Å²) in [6, 6.07) is 9.02. The van der Waals surface area contributed by atoms with E-state index in [9.17, 15) is 26.3 Å². The Bertz CT molecular complexity index is 1240. The molecule has 1 aliphatic rings. The van der Waals surface area contributed by atoms with Gasteiger partial charge in [0, 0.05) is 17.2 Å². The van der Waals surface area contributed by atoms with Crippen LogP contribution in [0.5, 0.6) is 5.75 Å². The number of hydrogen-bond donors (Lipinski definition) is 0. The quantitative estimate of drug-likeness (QED) is 0.289. The summed E-state index contributed by atoms with van der Waals surface area (Å²) in [6.07, 6.45) is -0.403. The molecule has 37 heavy (non-hydrogen) atoms. The highest BCUT2D eigenvalue weighted by atomic mass is 19.3. The average molecular weight is 523 g/mol. The number of ether oxygens (including phenoxy) is 2. The van der Waals surface area contributed by atoms with Crippen molar-refractivity contribution in [2.24, 2.45) is 5.92 Å². The second kappa shape index (κ2) is 10.8.